The Hall–Kier alpha value is -2.91. The van der Waals surface area contributed by atoms with E-state index >= 15 is 0 Å². The summed E-state index contributed by atoms with van der Waals surface area (Å²) in [7, 11) is 1.08. The van der Waals surface area contributed by atoms with Crippen molar-refractivity contribution in [3.63, 3.8) is 0 Å². The molecule has 0 aliphatic carbocycles. The normalized spacial score (nSPS) is 11.2. The first-order valence-electron chi connectivity index (χ1n) is 6.20. The zero-order valence-electron chi connectivity index (χ0n) is 12.0. The summed E-state index contributed by atoms with van der Waals surface area (Å²) in [5, 5.41) is 9.09. The first kappa shape index (κ1) is 16.5. The molecule has 0 spiro atoms. The summed E-state index contributed by atoms with van der Waals surface area (Å²) in [5.41, 5.74) is -1.95. The van der Waals surface area contributed by atoms with Gasteiger partial charge in [0.2, 0.25) is 5.91 Å². The second-order valence-electron chi connectivity index (χ2n) is 4.45. The summed E-state index contributed by atoms with van der Waals surface area (Å²) in [6, 6.07) is 1.63. The minimum atomic E-state index is -4.72. The number of hydrogen-bond acceptors (Lipinski definition) is 5. The lowest BCUT2D eigenvalue weighted by atomic mass is 10.1. The van der Waals surface area contributed by atoms with Crippen molar-refractivity contribution in [1.29, 1.82) is 0 Å². The Labute approximate surface area is 128 Å². The maximum Gasteiger partial charge on any atom is 0.418 e. The van der Waals surface area contributed by atoms with Crippen molar-refractivity contribution in [2.75, 3.05) is 12.4 Å². The molecule has 1 aromatic carbocycles. The molecule has 1 N–H and O–H groups in total. The summed E-state index contributed by atoms with van der Waals surface area (Å²) in [6.07, 6.45) is -2.60. The molecule has 0 atom stereocenters. The number of esters is 1. The summed E-state index contributed by atoms with van der Waals surface area (Å²) < 4.78 is 45.4. The largest absolute Gasteiger partial charge is 0.465 e. The van der Waals surface area contributed by atoms with Crippen molar-refractivity contribution in [3.05, 3.63) is 35.9 Å². The predicted octanol–water partition coefficient (Wildman–Crippen LogP) is 2.03. The molecular formula is C13H11F3N4O3. The van der Waals surface area contributed by atoms with Gasteiger partial charge in [0.15, 0.2) is 0 Å². The van der Waals surface area contributed by atoms with E-state index in [1.54, 1.807) is 0 Å². The van der Waals surface area contributed by atoms with Crippen molar-refractivity contribution in [1.82, 2.24) is 14.8 Å². The van der Waals surface area contributed by atoms with Crippen LogP contribution in [0.2, 0.25) is 0 Å². The maximum atomic E-state index is 13.3. The van der Waals surface area contributed by atoms with E-state index in [-0.39, 0.29) is 16.9 Å². The van der Waals surface area contributed by atoms with Gasteiger partial charge in [0.05, 0.1) is 29.6 Å². The van der Waals surface area contributed by atoms with Crippen LogP contribution in [0.3, 0.4) is 0 Å². The quantitative estimate of drug-likeness (QED) is 0.871. The van der Waals surface area contributed by atoms with Crippen molar-refractivity contribution in [2.45, 2.75) is 13.1 Å². The van der Waals surface area contributed by atoms with E-state index in [1.807, 2.05) is 0 Å². The molecule has 1 heterocycles. The number of aromatic nitrogens is 3. The van der Waals surface area contributed by atoms with Crippen LogP contribution >= 0.6 is 0 Å². The van der Waals surface area contributed by atoms with Crippen LogP contribution in [0, 0.1) is 0 Å². The highest BCUT2D eigenvalue weighted by Crippen LogP contribution is 2.37. The number of nitrogens with zero attached hydrogens (tertiary/aromatic N) is 3. The van der Waals surface area contributed by atoms with Crippen LogP contribution in [-0.4, -0.2) is 33.8 Å². The molecule has 0 radical (unpaired) electrons. The van der Waals surface area contributed by atoms with E-state index in [9.17, 15) is 22.8 Å². The van der Waals surface area contributed by atoms with Gasteiger partial charge < -0.3 is 10.1 Å². The van der Waals surface area contributed by atoms with Crippen molar-refractivity contribution in [3.8, 4) is 5.69 Å². The molecule has 0 unspecified atom stereocenters. The predicted molar refractivity (Wildman–Crippen MR) is 72.0 cm³/mol. The van der Waals surface area contributed by atoms with Gasteiger partial charge in [0.1, 0.15) is 12.7 Å². The van der Waals surface area contributed by atoms with Gasteiger partial charge in [-0.15, -0.1) is 10.2 Å². The van der Waals surface area contributed by atoms with Gasteiger partial charge in [-0.1, -0.05) is 0 Å². The van der Waals surface area contributed by atoms with Crippen LogP contribution < -0.4 is 5.32 Å². The lowest BCUT2D eigenvalue weighted by Crippen LogP contribution is -2.17. The Morgan fingerprint density at radius 2 is 1.83 bits per heavy atom. The van der Waals surface area contributed by atoms with Crippen LogP contribution in [-0.2, 0) is 15.7 Å². The average Bonchev–Trinajstić information content (AvgIpc) is 2.98. The second kappa shape index (κ2) is 6.07. The van der Waals surface area contributed by atoms with Crippen LogP contribution in [0.5, 0.6) is 0 Å². The number of methoxy groups -OCH3 is 1. The maximum absolute atomic E-state index is 13.3. The standard InChI is InChI=1S/C13H11F3N4O3/c1-7(21)19-10-4-9(13(14,15)16)11(20-5-17-18-6-20)3-8(10)12(22)23-2/h3-6H,1-2H3,(H,19,21). The summed E-state index contributed by atoms with van der Waals surface area (Å²) >= 11 is 0. The van der Waals surface area contributed by atoms with Gasteiger partial charge in [0.25, 0.3) is 0 Å². The van der Waals surface area contributed by atoms with Crippen molar-refractivity contribution < 1.29 is 27.5 Å². The van der Waals surface area contributed by atoms with E-state index in [0.717, 1.165) is 37.3 Å². The number of carbonyl (C=O) groups excluding carboxylic acids is 2. The number of ether oxygens (including phenoxy) is 1. The lowest BCUT2D eigenvalue weighted by molar-refractivity contribution is -0.137. The van der Waals surface area contributed by atoms with Gasteiger partial charge in [-0.05, 0) is 12.1 Å². The molecule has 0 saturated heterocycles. The minimum absolute atomic E-state index is 0.223. The fourth-order valence-corrected chi connectivity index (χ4v) is 1.93. The van der Waals surface area contributed by atoms with Gasteiger partial charge >= 0.3 is 12.1 Å². The number of nitrogens with one attached hydrogen (secondary N) is 1. The molecule has 0 fully saturated rings. The SMILES string of the molecule is COC(=O)c1cc(-n2cnnc2)c(C(F)(F)F)cc1NC(C)=O. The molecule has 1 aromatic heterocycles. The monoisotopic (exact) mass is 328 g/mol. The molecule has 1 amide bonds. The Bertz CT molecular complexity index is 742. The molecule has 7 nitrogen and oxygen atoms in total. The Balaban J connectivity index is 2.75. The average molecular weight is 328 g/mol. The first-order valence-corrected chi connectivity index (χ1v) is 6.20. The third kappa shape index (κ3) is 3.47. The zero-order chi connectivity index (χ0) is 17.2. The van der Waals surface area contributed by atoms with Crippen molar-refractivity contribution in [2.24, 2.45) is 0 Å². The Morgan fingerprint density at radius 3 is 2.30 bits per heavy atom. The number of rotatable bonds is 3. The van der Waals surface area contributed by atoms with E-state index in [0.29, 0.717) is 6.07 Å². The van der Waals surface area contributed by atoms with Gasteiger partial charge in [-0.2, -0.15) is 13.2 Å². The highest BCUT2D eigenvalue weighted by molar-refractivity contribution is 6.01. The summed E-state index contributed by atoms with van der Waals surface area (Å²) in [5.74, 6) is -1.52. The fraction of sp³-hybridized carbons (Fsp3) is 0.231. The molecule has 23 heavy (non-hydrogen) atoms. The Morgan fingerprint density at radius 1 is 1.22 bits per heavy atom. The fourth-order valence-electron chi connectivity index (χ4n) is 1.93. The number of halogens is 3. The number of alkyl halides is 3. The second-order valence-corrected chi connectivity index (χ2v) is 4.45. The molecule has 0 bridgehead atoms. The van der Waals surface area contributed by atoms with Gasteiger partial charge in [0, 0.05) is 6.92 Å². The van der Waals surface area contributed by atoms with Crippen LogP contribution in [0.25, 0.3) is 5.69 Å². The highest BCUT2D eigenvalue weighted by Gasteiger charge is 2.36. The molecular weight excluding hydrogens is 317 g/mol. The highest BCUT2D eigenvalue weighted by atomic mass is 19.4. The molecule has 0 saturated carbocycles. The van der Waals surface area contributed by atoms with Gasteiger partial charge in [-0.25, -0.2) is 4.79 Å². The Kier molecular flexibility index (Phi) is 4.34. The zero-order valence-corrected chi connectivity index (χ0v) is 12.0. The number of benzene rings is 1. The minimum Gasteiger partial charge on any atom is -0.465 e. The first-order chi connectivity index (χ1) is 10.7. The number of hydrogen-bond donors (Lipinski definition) is 1. The summed E-state index contributed by atoms with van der Waals surface area (Å²) in [6.45, 7) is 1.11. The smallest absolute Gasteiger partial charge is 0.418 e. The lowest BCUT2D eigenvalue weighted by Gasteiger charge is -2.17. The number of carbonyl (C=O) groups is 2. The molecule has 0 aliphatic rings. The van der Waals surface area contributed by atoms with E-state index in [1.165, 1.54) is 0 Å². The van der Waals surface area contributed by atoms with E-state index < -0.39 is 23.6 Å². The van der Waals surface area contributed by atoms with Gasteiger partial charge in [-0.3, -0.25) is 9.36 Å². The third-order valence-electron chi connectivity index (χ3n) is 2.85. The van der Waals surface area contributed by atoms with Crippen LogP contribution in [0.1, 0.15) is 22.8 Å². The molecule has 2 aromatic rings. The van der Waals surface area contributed by atoms with Crippen LogP contribution in [0.4, 0.5) is 18.9 Å². The van der Waals surface area contributed by atoms with Crippen molar-refractivity contribution >= 4 is 17.6 Å². The van der Waals surface area contributed by atoms with E-state index in [2.05, 4.69) is 20.3 Å². The number of amides is 1. The number of anilines is 1. The molecule has 2 rings (SSSR count). The van der Waals surface area contributed by atoms with Crippen LogP contribution in [0.15, 0.2) is 24.8 Å². The molecule has 0 aliphatic heterocycles. The molecule has 122 valence electrons. The molecule has 10 heteroatoms. The topological polar surface area (TPSA) is 86.1 Å². The summed E-state index contributed by atoms with van der Waals surface area (Å²) in [4.78, 5) is 23.0. The van der Waals surface area contributed by atoms with E-state index in [4.69, 9.17) is 0 Å². The third-order valence-corrected chi connectivity index (χ3v) is 2.85.